The molecule has 0 bridgehead atoms. The van der Waals surface area contributed by atoms with E-state index in [4.69, 9.17) is 9.47 Å². The summed E-state index contributed by atoms with van der Waals surface area (Å²) in [7, 11) is 0. The minimum atomic E-state index is 0.680. The van der Waals surface area contributed by atoms with E-state index in [0.717, 1.165) is 6.61 Å². The summed E-state index contributed by atoms with van der Waals surface area (Å²) < 4.78 is 12.3. The Hall–Kier alpha value is -0.130. The van der Waals surface area contributed by atoms with Gasteiger partial charge in [0.1, 0.15) is 0 Å². The molecule has 0 N–H and O–H groups in total. The van der Waals surface area contributed by atoms with Crippen molar-refractivity contribution in [2.24, 2.45) is 0 Å². The molecule has 3 heteroatoms. The van der Waals surface area contributed by atoms with Crippen LogP contribution in [0.25, 0.3) is 0 Å². The topological polar surface area (TPSA) is 18.5 Å². The molecule has 102 valence electrons. The smallest absolute Gasteiger partial charge is 0.0718 e. The Morgan fingerprint density at radius 3 is 2.28 bits per heavy atom. The van der Waals surface area contributed by atoms with Crippen molar-refractivity contribution in [1.82, 2.24) is 0 Å². The standard InChI is InChI=1S/C15H23IO2/c16-10-6-1-2-7-11-17-12-13-18-14-15-8-4-3-5-9-15/h3-5,8-9H,1-2,6-7,10-14H2. The van der Waals surface area contributed by atoms with Crippen LogP contribution in [0.5, 0.6) is 0 Å². The molecule has 0 unspecified atom stereocenters. The molecule has 0 saturated heterocycles. The highest BCUT2D eigenvalue weighted by atomic mass is 127. The lowest BCUT2D eigenvalue weighted by Crippen LogP contribution is -2.05. The number of halogens is 1. The lowest BCUT2D eigenvalue weighted by atomic mass is 10.2. The van der Waals surface area contributed by atoms with Gasteiger partial charge in [-0.15, -0.1) is 0 Å². The van der Waals surface area contributed by atoms with Gasteiger partial charge in [-0.2, -0.15) is 0 Å². The lowest BCUT2D eigenvalue weighted by Gasteiger charge is -2.06. The summed E-state index contributed by atoms with van der Waals surface area (Å²) in [5, 5.41) is 0. The Morgan fingerprint density at radius 2 is 1.50 bits per heavy atom. The average Bonchev–Trinajstić information content (AvgIpc) is 2.42. The van der Waals surface area contributed by atoms with Gasteiger partial charge in [0.15, 0.2) is 0 Å². The van der Waals surface area contributed by atoms with Gasteiger partial charge < -0.3 is 9.47 Å². The molecule has 18 heavy (non-hydrogen) atoms. The predicted octanol–water partition coefficient (Wildman–Crippen LogP) is 4.22. The van der Waals surface area contributed by atoms with E-state index in [2.05, 4.69) is 34.7 Å². The van der Waals surface area contributed by atoms with E-state index in [9.17, 15) is 0 Å². The summed E-state index contributed by atoms with van der Waals surface area (Å²) >= 11 is 2.43. The summed E-state index contributed by atoms with van der Waals surface area (Å²) in [6.07, 6.45) is 5.13. The van der Waals surface area contributed by atoms with Crippen LogP contribution in [0.15, 0.2) is 30.3 Å². The van der Waals surface area contributed by atoms with E-state index in [0.29, 0.717) is 19.8 Å². The summed E-state index contributed by atoms with van der Waals surface area (Å²) in [5.41, 5.74) is 1.22. The zero-order valence-electron chi connectivity index (χ0n) is 10.9. The third-order valence-corrected chi connectivity index (χ3v) is 3.42. The first-order valence-corrected chi connectivity index (χ1v) is 8.21. The van der Waals surface area contributed by atoms with Gasteiger partial charge in [-0.25, -0.2) is 0 Å². The summed E-state index contributed by atoms with van der Waals surface area (Å²) in [4.78, 5) is 0. The van der Waals surface area contributed by atoms with E-state index in [1.54, 1.807) is 0 Å². The average molecular weight is 362 g/mol. The second-order valence-electron chi connectivity index (χ2n) is 4.25. The van der Waals surface area contributed by atoms with Crippen LogP contribution in [0.2, 0.25) is 0 Å². The van der Waals surface area contributed by atoms with Crippen LogP contribution in [0.1, 0.15) is 31.2 Å². The SMILES string of the molecule is ICCCCCCOCCOCc1ccccc1. The van der Waals surface area contributed by atoms with Crippen LogP contribution in [0.4, 0.5) is 0 Å². The van der Waals surface area contributed by atoms with Gasteiger partial charge in [0.05, 0.1) is 19.8 Å². The zero-order valence-corrected chi connectivity index (χ0v) is 13.1. The van der Waals surface area contributed by atoms with E-state index in [1.165, 1.54) is 35.7 Å². The Morgan fingerprint density at radius 1 is 0.778 bits per heavy atom. The van der Waals surface area contributed by atoms with Crippen LogP contribution in [-0.2, 0) is 16.1 Å². The highest BCUT2D eigenvalue weighted by Crippen LogP contribution is 2.03. The van der Waals surface area contributed by atoms with Crippen molar-refractivity contribution in [3.8, 4) is 0 Å². The van der Waals surface area contributed by atoms with Crippen LogP contribution in [-0.4, -0.2) is 24.2 Å². The summed E-state index contributed by atoms with van der Waals surface area (Å²) in [6.45, 7) is 2.94. The maximum Gasteiger partial charge on any atom is 0.0718 e. The number of benzene rings is 1. The van der Waals surface area contributed by atoms with E-state index >= 15 is 0 Å². The quantitative estimate of drug-likeness (QED) is 0.334. The molecule has 0 aliphatic heterocycles. The van der Waals surface area contributed by atoms with Gasteiger partial charge in [0.2, 0.25) is 0 Å². The molecule has 0 aromatic heterocycles. The van der Waals surface area contributed by atoms with Gasteiger partial charge >= 0.3 is 0 Å². The van der Waals surface area contributed by atoms with Crippen LogP contribution in [0, 0.1) is 0 Å². The third-order valence-electron chi connectivity index (χ3n) is 2.66. The van der Waals surface area contributed by atoms with Crippen LogP contribution in [0.3, 0.4) is 0 Å². The predicted molar refractivity (Wildman–Crippen MR) is 84.3 cm³/mol. The van der Waals surface area contributed by atoms with Crippen LogP contribution >= 0.6 is 22.6 Å². The maximum absolute atomic E-state index is 5.54. The maximum atomic E-state index is 5.54. The van der Waals surface area contributed by atoms with Crippen molar-refractivity contribution in [2.45, 2.75) is 32.3 Å². The molecule has 1 aromatic rings. The summed E-state index contributed by atoms with van der Waals surface area (Å²) in [5.74, 6) is 0. The Balaban J connectivity index is 1.82. The molecule has 2 nitrogen and oxygen atoms in total. The first kappa shape index (κ1) is 15.9. The van der Waals surface area contributed by atoms with E-state index in [-0.39, 0.29) is 0 Å². The van der Waals surface area contributed by atoms with Crippen molar-refractivity contribution in [3.05, 3.63) is 35.9 Å². The molecule has 0 atom stereocenters. The number of ether oxygens (including phenoxy) is 2. The largest absolute Gasteiger partial charge is 0.379 e. The fourth-order valence-electron chi connectivity index (χ4n) is 1.64. The molecular formula is C15H23IO2. The fraction of sp³-hybridized carbons (Fsp3) is 0.600. The van der Waals surface area contributed by atoms with Crippen molar-refractivity contribution in [2.75, 3.05) is 24.2 Å². The number of rotatable bonds is 11. The van der Waals surface area contributed by atoms with Gasteiger partial charge in [-0.3, -0.25) is 0 Å². The highest BCUT2D eigenvalue weighted by molar-refractivity contribution is 14.1. The molecule has 0 spiro atoms. The molecule has 0 heterocycles. The Bertz CT molecular complexity index is 277. The fourth-order valence-corrected chi connectivity index (χ4v) is 2.18. The van der Waals surface area contributed by atoms with Crippen molar-refractivity contribution in [1.29, 1.82) is 0 Å². The first-order valence-electron chi connectivity index (χ1n) is 6.69. The van der Waals surface area contributed by atoms with Crippen molar-refractivity contribution >= 4 is 22.6 Å². The Labute approximate surface area is 124 Å². The molecule has 0 aliphatic carbocycles. The van der Waals surface area contributed by atoms with Crippen molar-refractivity contribution < 1.29 is 9.47 Å². The molecule has 0 fully saturated rings. The minimum Gasteiger partial charge on any atom is -0.379 e. The van der Waals surface area contributed by atoms with E-state index < -0.39 is 0 Å². The van der Waals surface area contributed by atoms with E-state index in [1.807, 2.05) is 18.2 Å². The molecule has 0 aliphatic rings. The molecule has 0 amide bonds. The third kappa shape index (κ3) is 8.89. The minimum absolute atomic E-state index is 0.680. The normalized spacial score (nSPS) is 10.7. The first-order chi connectivity index (χ1) is 8.93. The molecule has 1 aromatic carbocycles. The van der Waals surface area contributed by atoms with Gasteiger partial charge in [0, 0.05) is 6.61 Å². The molecule has 1 rings (SSSR count). The lowest BCUT2D eigenvalue weighted by molar-refractivity contribution is 0.0393. The van der Waals surface area contributed by atoms with Gasteiger partial charge in [0.25, 0.3) is 0 Å². The number of hydrogen-bond acceptors (Lipinski definition) is 2. The molecule has 0 radical (unpaired) electrons. The summed E-state index contributed by atoms with van der Waals surface area (Å²) in [6, 6.07) is 10.2. The van der Waals surface area contributed by atoms with Crippen molar-refractivity contribution in [3.63, 3.8) is 0 Å². The van der Waals surface area contributed by atoms with Gasteiger partial charge in [-0.1, -0.05) is 65.8 Å². The molecular weight excluding hydrogens is 339 g/mol. The highest BCUT2D eigenvalue weighted by Gasteiger charge is 1.93. The molecule has 0 saturated carbocycles. The zero-order chi connectivity index (χ0) is 12.9. The van der Waals surface area contributed by atoms with Crippen LogP contribution < -0.4 is 0 Å². The van der Waals surface area contributed by atoms with Gasteiger partial charge in [-0.05, 0) is 22.8 Å². The Kier molecular flexibility index (Phi) is 10.6. The second kappa shape index (κ2) is 11.9. The number of hydrogen-bond donors (Lipinski definition) is 0. The number of unbranched alkanes of at least 4 members (excludes halogenated alkanes) is 3. The second-order valence-corrected chi connectivity index (χ2v) is 5.33. The monoisotopic (exact) mass is 362 g/mol. The number of alkyl halides is 1.